The zero-order chi connectivity index (χ0) is 9.97. The lowest BCUT2D eigenvalue weighted by atomic mass is 10.1. The van der Waals surface area contributed by atoms with Gasteiger partial charge in [-0.2, -0.15) is 0 Å². The maximum atomic E-state index is 11.7. The molecular weight excluding hydrogens is 178 g/mol. The number of Topliss-reactive ketones (excluding diaryl/α,β-unsaturated/α-hetero) is 1. The molecule has 2 fully saturated rings. The van der Waals surface area contributed by atoms with Gasteiger partial charge >= 0.3 is 0 Å². The summed E-state index contributed by atoms with van der Waals surface area (Å²) in [5, 5.41) is 0. The number of carbonyl (C=O) groups excluding carboxylic acids is 1. The Labute approximate surface area is 85.4 Å². The van der Waals surface area contributed by atoms with Crippen LogP contribution in [0.2, 0.25) is 0 Å². The summed E-state index contributed by atoms with van der Waals surface area (Å²) in [7, 11) is 2.05. The van der Waals surface area contributed by atoms with Crippen LogP contribution in [0.3, 0.4) is 0 Å². The van der Waals surface area contributed by atoms with Gasteiger partial charge in [0, 0.05) is 19.5 Å². The molecule has 1 unspecified atom stereocenters. The van der Waals surface area contributed by atoms with E-state index in [1.165, 1.54) is 12.8 Å². The molecule has 1 aliphatic heterocycles. The third-order valence-corrected chi connectivity index (χ3v) is 3.12. The third-order valence-electron chi connectivity index (χ3n) is 3.12. The highest BCUT2D eigenvalue weighted by molar-refractivity contribution is 5.83. The highest BCUT2D eigenvalue weighted by Crippen LogP contribution is 2.33. The minimum Gasteiger partial charge on any atom is -0.368 e. The van der Waals surface area contributed by atoms with E-state index in [9.17, 15) is 4.79 Å². The van der Waals surface area contributed by atoms with Crippen LogP contribution in [0.15, 0.2) is 0 Å². The molecule has 0 bridgehead atoms. The van der Waals surface area contributed by atoms with Crippen LogP contribution < -0.4 is 0 Å². The number of carbonyl (C=O) groups is 1. The summed E-state index contributed by atoms with van der Waals surface area (Å²) in [6, 6.07) is 0. The fourth-order valence-corrected chi connectivity index (χ4v) is 1.89. The second-order valence-corrected chi connectivity index (χ2v) is 4.57. The van der Waals surface area contributed by atoms with Gasteiger partial charge in [0.1, 0.15) is 6.10 Å². The van der Waals surface area contributed by atoms with E-state index in [1.54, 1.807) is 0 Å². The molecule has 2 rings (SSSR count). The minimum absolute atomic E-state index is 0.146. The lowest BCUT2D eigenvalue weighted by Crippen LogP contribution is -2.44. The first-order chi connectivity index (χ1) is 6.75. The lowest BCUT2D eigenvalue weighted by Gasteiger charge is -2.29. The molecule has 0 spiro atoms. The first-order valence-electron chi connectivity index (χ1n) is 5.58. The van der Waals surface area contributed by atoms with Gasteiger partial charge in [-0.3, -0.25) is 4.79 Å². The van der Waals surface area contributed by atoms with Gasteiger partial charge in [0.25, 0.3) is 0 Å². The predicted octanol–water partition coefficient (Wildman–Crippen LogP) is 1.08. The van der Waals surface area contributed by atoms with E-state index in [0.29, 0.717) is 12.4 Å². The number of rotatable bonds is 4. The van der Waals surface area contributed by atoms with Crippen molar-refractivity contribution in [1.82, 2.24) is 4.90 Å². The van der Waals surface area contributed by atoms with E-state index in [2.05, 4.69) is 4.90 Å². The number of hydrogen-bond donors (Lipinski definition) is 0. The molecule has 1 aliphatic carbocycles. The van der Waals surface area contributed by atoms with E-state index < -0.39 is 0 Å². The van der Waals surface area contributed by atoms with Gasteiger partial charge in [0.15, 0.2) is 5.78 Å². The topological polar surface area (TPSA) is 29.5 Å². The second-order valence-electron chi connectivity index (χ2n) is 4.57. The maximum absolute atomic E-state index is 11.7. The average molecular weight is 197 g/mol. The van der Waals surface area contributed by atoms with Crippen molar-refractivity contribution in [1.29, 1.82) is 0 Å². The zero-order valence-corrected chi connectivity index (χ0v) is 8.87. The summed E-state index contributed by atoms with van der Waals surface area (Å²) in [5.74, 6) is 1.16. The van der Waals surface area contributed by atoms with E-state index in [-0.39, 0.29) is 6.10 Å². The van der Waals surface area contributed by atoms with Crippen LogP contribution in [0.25, 0.3) is 0 Å². The highest BCUT2D eigenvalue weighted by Gasteiger charge is 2.27. The maximum Gasteiger partial charge on any atom is 0.162 e. The molecule has 0 aromatic carbocycles. The molecule has 1 saturated carbocycles. The normalized spacial score (nSPS) is 29.1. The number of likely N-dealkylation sites (N-methyl/N-ethyl adjacent to an activating group) is 1. The van der Waals surface area contributed by atoms with Crippen LogP contribution in [-0.4, -0.2) is 43.5 Å². The van der Waals surface area contributed by atoms with Crippen molar-refractivity contribution < 1.29 is 9.53 Å². The summed E-state index contributed by atoms with van der Waals surface area (Å²) in [4.78, 5) is 13.9. The van der Waals surface area contributed by atoms with Gasteiger partial charge < -0.3 is 9.64 Å². The van der Waals surface area contributed by atoms with Gasteiger partial charge in [-0.15, -0.1) is 0 Å². The second kappa shape index (κ2) is 4.41. The summed E-state index contributed by atoms with van der Waals surface area (Å²) < 4.78 is 5.47. The van der Waals surface area contributed by atoms with Gasteiger partial charge in [-0.25, -0.2) is 0 Å². The van der Waals surface area contributed by atoms with Crippen LogP contribution in [-0.2, 0) is 9.53 Å². The molecule has 3 nitrogen and oxygen atoms in total. The Morgan fingerprint density at radius 1 is 1.50 bits per heavy atom. The quantitative estimate of drug-likeness (QED) is 0.675. The molecular formula is C11H19NO2. The molecule has 1 saturated heterocycles. The van der Waals surface area contributed by atoms with Crippen molar-refractivity contribution in [2.45, 2.75) is 31.8 Å². The van der Waals surface area contributed by atoms with Crippen molar-refractivity contribution in [3.63, 3.8) is 0 Å². The summed E-state index contributed by atoms with van der Waals surface area (Å²) in [5.41, 5.74) is 0. The summed E-state index contributed by atoms with van der Waals surface area (Å²) in [6.45, 7) is 2.44. The van der Waals surface area contributed by atoms with Crippen molar-refractivity contribution >= 4 is 5.78 Å². The number of ketones is 1. The number of ether oxygens (including phenoxy) is 1. The molecule has 1 atom stereocenters. The fourth-order valence-electron chi connectivity index (χ4n) is 1.89. The van der Waals surface area contributed by atoms with Crippen molar-refractivity contribution in [2.24, 2.45) is 5.92 Å². The van der Waals surface area contributed by atoms with E-state index in [4.69, 9.17) is 4.74 Å². The Morgan fingerprint density at radius 2 is 2.29 bits per heavy atom. The monoisotopic (exact) mass is 197 g/mol. The Morgan fingerprint density at radius 3 is 2.93 bits per heavy atom. The molecule has 14 heavy (non-hydrogen) atoms. The molecule has 0 aromatic heterocycles. The molecule has 3 heteroatoms. The first kappa shape index (κ1) is 10.1. The van der Waals surface area contributed by atoms with Crippen LogP contribution in [0, 0.1) is 5.92 Å². The summed E-state index contributed by atoms with van der Waals surface area (Å²) >= 11 is 0. The molecule has 0 N–H and O–H groups in total. The number of nitrogens with zero attached hydrogens (tertiary/aromatic N) is 1. The standard InChI is InChI=1S/C11H19NO2/c1-12-6-7-14-11(8-12)10(13)5-4-9-2-3-9/h9,11H,2-8H2,1H3. The molecule has 2 aliphatic rings. The SMILES string of the molecule is CN1CCOC(C(=O)CCC2CC2)C1. The predicted molar refractivity (Wildman–Crippen MR) is 54.2 cm³/mol. The fraction of sp³-hybridized carbons (Fsp3) is 0.909. The molecule has 0 radical (unpaired) electrons. The number of hydrogen-bond acceptors (Lipinski definition) is 3. The lowest BCUT2D eigenvalue weighted by molar-refractivity contribution is -0.135. The van der Waals surface area contributed by atoms with Crippen molar-refractivity contribution in [3.05, 3.63) is 0 Å². The largest absolute Gasteiger partial charge is 0.368 e. The summed E-state index contributed by atoms with van der Waals surface area (Å²) in [6.07, 6.45) is 4.33. The number of morpholine rings is 1. The first-order valence-corrected chi connectivity index (χ1v) is 5.58. The van der Waals surface area contributed by atoms with Gasteiger partial charge in [0.2, 0.25) is 0 Å². The van der Waals surface area contributed by atoms with Crippen LogP contribution in [0.5, 0.6) is 0 Å². The minimum atomic E-state index is -0.146. The van der Waals surface area contributed by atoms with Gasteiger partial charge in [0.05, 0.1) is 6.61 Å². The van der Waals surface area contributed by atoms with Crippen molar-refractivity contribution in [3.8, 4) is 0 Å². The van der Waals surface area contributed by atoms with Gasteiger partial charge in [-0.05, 0) is 19.4 Å². The molecule has 0 amide bonds. The van der Waals surface area contributed by atoms with Crippen LogP contribution >= 0.6 is 0 Å². The molecule has 80 valence electrons. The van der Waals surface area contributed by atoms with Crippen LogP contribution in [0.1, 0.15) is 25.7 Å². The van der Waals surface area contributed by atoms with Crippen molar-refractivity contribution in [2.75, 3.05) is 26.7 Å². The average Bonchev–Trinajstić information content (AvgIpc) is 2.97. The Balaban J connectivity index is 1.71. The highest BCUT2D eigenvalue weighted by atomic mass is 16.5. The Bertz CT molecular complexity index is 213. The Kier molecular flexibility index (Phi) is 3.19. The third kappa shape index (κ3) is 2.79. The smallest absolute Gasteiger partial charge is 0.162 e. The molecule has 0 aromatic rings. The van der Waals surface area contributed by atoms with E-state index in [0.717, 1.165) is 31.8 Å². The Hall–Kier alpha value is -0.410. The van der Waals surface area contributed by atoms with E-state index in [1.807, 2.05) is 7.05 Å². The van der Waals surface area contributed by atoms with Crippen LogP contribution in [0.4, 0.5) is 0 Å². The van der Waals surface area contributed by atoms with Gasteiger partial charge in [-0.1, -0.05) is 12.8 Å². The zero-order valence-electron chi connectivity index (χ0n) is 8.87. The molecule has 1 heterocycles. The van der Waals surface area contributed by atoms with E-state index >= 15 is 0 Å².